The Morgan fingerprint density at radius 1 is 1.16 bits per heavy atom. The van der Waals surface area contributed by atoms with Crippen molar-refractivity contribution in [2.45, 2.75) is 18.9 Å². The minimum atomic E-state index is -0.502. The van der Waals surface area contributed by atoms with Gasteiger partial charge in [-0.3, -0.25) is 0 Å². The SMILES string of the molecule is Fc1ccc(Br)c(F)c1CC1Cc2ccccc2N1. The number of rotatable bonds is 2. The Hall–Kier alpha value is -1.42. The molecule has 4 heteroatoms. The predicted octanol–water partition coefficient (Wildman–Crippen LogP) is 4.31. The van der Waals surface area contributed by atoms with Crippen LogP contribution in [-0.2, 0) is 12.8 Å². The number of benzene rings is 2. The summed E-state index contributed by atoms with van der Waals surface area (Å²) in [5, 5.41) is 3.31. The molecule has 1 aliphatic heterocycles. The van der Waals surface area contributed by atoms with Crippen LogP contribution in [0.5, 0.6) is 0 Å². The molecule has 0 aliphatic carbocycles. The second-order valence-corrected chi connectivity index (χ2v) is 5.58. The van der Waals surface area contributed by atoms with Crippen LogP contribution in [0.2, 0.25) is 0 Å². The van der Waals surface area contributed by atoms with Crippen molar-refractivity contribution in [3.8, 4) is 0 Å². The van der Waals surface area contributed by atoms with E-state index in [1.165, 1.54) is 17.7 Å². The van der Waals surface area contributed by atoms with Crippen LogP contribution in [0, 0.1) is 11.6 Å². The van der Waals surface area contributed by atoms with Gasteiger partial charge in [-0.15, -0.1) is 0 Å². The first-order chi connectivity index (χ1) is 9.15. The van der Waals surface area contributed by atoms with Gasteiger partial charge < -0.3 is 5.32 Å². The highest BCUT2D eigenvalue weighted by Crippen LogP contribution is 2.29. The van der Waals surface area contributed by atoms with Gasteiger partial charge in [0.2, 0.25) is 0 Å². The molecule has 2 aromatic rings. The maximum absolute atomic E-state index is 13.9. The van der Waals surface area contributed by atoms with Gasteiger partial charge in [0.15, 0.2) is 0 Å². The Morgan fingerprint density at radius 2 is 1.95 bits per heavy atom. The zero-order valence-corrected chi connectivity index (χ0v) is 11.7. The van der Waals surface area contributed by atoms with Gasteiger partial charge in [0.25, 0.3) is 0 Å². The molecule has 0 amide bonds. The number of halogens is 3. The van der Waals surface area contributed by atoms with E-state index in [-0.39, 0.29) is 11.6 Å². The number of anilines is 1. The van der Waals surface area contributed by atoms with Gasteiger partial charge in [-0.25, -0.2) is 8.78 Å². The van der Waals surface area contributed by atoms with E-state index in [1.54, 1.807) is 0 Å². The highest BCUT2D eigenvalue weighted by Gasteiger charge is 2.23. The monoisotopic (exact) mass is 323 g/mol. The lowest BCUT2D eigenvalue weighted by Crippen LogP contribution is -2.20. The molecular weight excluding hydrogens is 312 g/mol. The molecule has 19 heavy (non-hydrogen) atoms. The third-order valence-electron chi connectivity index (χ3n) is 3.43. The molecule has 0 aromatic heterocycles. The molecule has 0 radical (unpaired) electrons. The van der Waals surface area contributed by atoms with E-state index >= 15 is 0 Å². The molecule has 0 spiro atoms. The second-order valence-electron chi connectivity index (χ2n) is 4.73. The van der Waals surface area contributed by atoms with Gasteiger partial charge in [-0.2, -0.15) is 0 Å². The second kappa shape index (κ2) is 4.93. The molecule has 0 bridgehead atoms. The normalized spacial score (nSPS) is 17.1. The van der Waals surface area contributed by atoms with Crippen molar-refractivity contribution < 1.29 is 8.78 Å². The van der Waals surface area contributed by atoms with Crippen molar-refractivity contribution >= 4 is 21.6 Å². The van der Waals surface area contributed by atoms with Crippen molar-refractivity contribution in [3.63, 3.8) is 0 Å². The third-order valence-corrected chi connectivity index (χ3v) is 4.05. The van der Waals surface area contributed by atoms with E-state index in [9.17, 15) is 8.78 Å². The lowest BCUT2D eigenvalue weighted by molar-refractivity contribution is 0.540. The largest absolute Gasteiger partial charge is 0.381 e. The Bertz CT molecular complexity index is 603. The molecular formula is C15H12BrF2N. The average molecular weight is 324 g/mol. The molecule has 98 valence electrons. The average Bonchev–Trinajstić information content (AvgIpc) is 2.81. The molecule has 1 unspecified atom stereocenters. The van der Waals surface area contributed by atoms with Crippen LogP contribution in [0.3, 0.4) is 0 Å². The molecule has 0 saturated heterocycles. The first-order valence-corrected chi connectivity index (χ1v) is 6.91. The number of para-hydroxylation sites is 1. The van der Waals surface area contributed by atoms with E-state index in [4.69, 9.17) is 0 Å². The van der Waals surface area contributed by atoms with Crippen LogP contribution < -0.4 is 5.32 Å². The van der Waals surface area contributed by atoms with Crippen LogP contribution in [0.25, 0.3) is 0 Å². The molecule has 1 nitrogen and oxygen atoms in total. The van der Waals surface area contributed by atoms with Crippen molar-refractivity contribution in [1.82, 2.24) is 0 Å². The highest BCUT2D eigenvalue weighted by atomic mass is 79.9. The smallest absolute Gasteiger partial charge is 0.143 e. The fourth-order valence-electron chi connectivity index (χ4n) is 2.50. The van der Waals surface area contributed by atoms with Gasteiger partial charge >= 0.3 is 0 Å². The van der Waals surface area contributed by atoms with Crippen LogP contribution in [0.1, 0.15) is 11.1 Å². The van der Waals surface area contributed by atoms with Crippen molar-refractivity contribution in [1.29, 1.82) is 0 Å². The zero-order valence-electron chi connectivity index (χ0n) is 10.1. The standard InChI is InChI=1S/C15H12BrF2N/c16-12-5-6-13(17)11(15(12)18)8-10-7-9-3-1-2-4-14(9)19-10/h1-6,10,19H,7-8H2. The summed E-state index contributed by atoms with van der Waals surface area (Å²) in [6, 6.07) is 10.7. The fourth-order valence-corrected chi connectivity index (χ4v) is 2.87. The Kier molecular flexibility index (Phi) is 3.27. The van der Waals surface area contributed by atoms with Gasteiger partial charge in [0.1, 0.15) is 11.6 Å². The van der Waals surface area contributed by atoms with Crippen LogP contribution in [0.4, 0.5) is 14.5 Å². The van der Waals surface area contributed by atoms with E-state index in [0.29, 0.717) is 10.9 Å². The Labute approximate surface area is 118 Å². The molecule has 1 aliphatic rings. The maximum Gasteiger partial charge on any atom is 0.143 e. The summed E-state index contributed by atoms with van der Waals surface area (Å²) in [7, 11) is 0. The topological polar surface area (TPSA) is 12.0 Å². The summed E-state index contributed by atoms with van der Waals surface area (Å²) in [5.41, 5.74) is 2.39. The fraction of sp³-hybridized carbons (Fsp3) is 0.200. The Balaban J connectivity index is 1.83. The highest BCUT2D eigenvalue weighted by molar-refractivity contribution is 9.10. The van der Waals surface area contributed by atoms with Gasteiger partial charge in [-0.05, 0) is 52.5 Å². The van der Waals surface area contributed by atoms with E-state index < -0.39 is 11.6 Å². The van der Waals surface area contributed by atoms with Crippen molar-refractivity contribution in [2.75, 3.05) is 5.32 Å². The minimum absolute atomic E-state index is 0.0377. The summed E-state index contributed by atoms with van der Waals surface area (Å²) in [5.74, 6) is -0.990. The Morgan fingerprint density at radius 3 is 2.74 bits per heavy atom. The van der Waals surface area contributed by atoms with Crippen LogP contribution in [-0.4, -0.2) is 6.04 Å². The summed E-state index contributed by atoms with van der Waals surface area (Å²) >= 11 is 3.10. The van der Waals surface area contributed by atoms with Gasteiger partial charge in [0, 0.05) is 17.3 Å². The number of nitrogens with one attached hydrogen (secondary N) is 1. The number of hydrogen-bond donors (Lipinski definition) is 1. The van der Waals surface area contributed by atoms with Crippen molar-refractivity contribution in [3.05, 3.63) is 63.6 Å². The summed E-state index contributed by atoms with van der Waals surface area (Å²) < 4.78 is 28.0. The lowest BCUT2D eigenvalue weighted by atomic mass is 10.0. The summed E-state index contributed by atoms with van der Waals surface area (Å²) in [6.07, 6.45) is 1.13. The third kappa shape index (κ3) is 2.37. The molecule has 3 rings (SSSR count). The van der Waals surface area contributed by atoms with Gasteiger partial charge in [0.05, 0.1) is 4.47 Å². The first-order valence-electron chi connectivity index (χ1n) is 6.12. The quantitative estimate of drug-likeness (QED) is 0.812. The molecule has 1 heterocycles. The predicted molar refractivity (Wildman–Crippen MR) is 75.3 cm³/mol. The number of hydrogen-bond acceptors (Lipinski definition) is 1. The summed E-state index contributed by atoms with van der Waals surface area (Å²) in [6.45, 7) is 0. The molecule has 2 aromatic carbocycles. The molecule has 0 fully saturated rings. The molecule has 0 saturated carbocycles. The van der Waals surface area contributed by atoms with E-state index in [1.807, 2.05) is 24.3 Å². The van der Waals surface area contributed by atoms with Crippen LogP contribution >= 0.6 is 15.9 Å². The lowest BCUT2D eigenvalue weighted by Gasteiger charge is -2.13. The van der Waals surface area contributed by atoms with Crippen LogP contribution in [0.15, 0.2) is 40.9 Å². The van der Waals surface area contributed by atoms with Crippen molar-refractivity contribution in [2.24, 2.45) is 0 Å². The van der Waals surface area contributed by atoms with E-state index in [0.717, 1.165) is 12.1 Å². The summed E-state index contributed by atoms with van der Waals surface area (Å²) in [4.78, 5) is 0. The number of fused-ring (bicyclic) bond motifs is 1. The minimum Gasteiger partial charge on any atom is -0.381 e. The molecule has 1 atom stereocenters. The zero-order chi connectivity index (χ0) is 13.4. The maximum atomic E-state index is 13.9. The first kappa shape index (κ1) is 12.6. The van der Waals surface area contributed by atoms with Gasteiger partial charge in [-0.1, -0.05) is 18.2 Å². The molecule has 1 N–H and O–H groups in total. The van der Waals surface area contributed by atoms with E-state index in [2.05, 4.69) is 21.2 Å².